The summed E-state index contributed by atoms with van der Waals surface area (Å²) in [7, 11) is 0. The standard InChI is InChI=1S/C26H29FN8/c1-4-33-9-11-34(12-10-33)17-19-5-6-24(28-14-19)31-26-29-16-22(27)25(32-26)20-7-8-35-23(13-20)21(15-30-35)18(2)3/h5-8,13-16H,2,4,9-12,17H2,1,3H3,(H,28,29,31,32). The van der Waals surface area contributed by atoms with E-state index in [2.05, 4.69) is 54.7 Å². The van der Waals surface area contributed by atoms with Gasteiger partial charge in [-0.2, -0.15) is 5.10 Å². The number of nitrogens with zero attached hydrogens (tertiary/aromatic N) is 7. The van der Waals surface area contributed by atoms with Gasteiger partial charge >= 0.3 is 0 Å². The van der Waals surface area contributed by atoms with Crippen LogP contribution in [0, 0.1) is 5.82 Å². The Hall–Kier alpha value is -3.69. The van der Waals surface area contributed by atoms with Gasteiger partial charge in [0.05, 0.1) is 17.9 Å². The Balaban J connectivity index is 1.31. The van der Waals surface area contributed by atoms with E-state index in [0.29, 0.717) is 11.4 Å². The van der Waals surface area contributed by atoms with Gasteiger partial charge in [-0.1, -0.05) is 19.6 Å². The molecule has 5 heterocycles. The molecule has 0 atom stereocenters. The highest BCUT2D eigenvalue weighted by atomic mass is 19.1. The van der Waals surface area contributed by atoms with Gasteiger partial charge in [-0.15, -0.1) is 0 Å². The summed E-state index contributed by atoms with van der Waals surface area (Å²) in [5.41, 5.74) is 4.65. The minimum absolute atomic E-state index is 0.210. The second-order valence-electron chi connectivity index (χ2n) is 8.86. The molecule has 9 heteroatoms. The number of rotatable bonds is 7. The second-order valence-corrected chi connectivity index (χ2v) is 8.86. The molecule has 0 radical (unpaired) electrons. The fraction of sp³-hybridized carbons (Fsp3) is 0.308. The van der Waals surface area contributed by atoms with Crippen LogP contribution in [0.2, 0.25) is 0 Å². The van der Waals surface area contributed by atoms with E-state index in [1.54, 1.807) is 23.0 Å². The molecule has 0 unspecified atom stereocenters. The van der Waals surface area contributed by atoms with Crippen molar-refractivity contribution in [3.8, 4) is 11.3 Å². The summed E-state index contributed by atoms with van der Waals surface area (Å²) >= 11 is 0. The molecule has 1 saturated heterocycles. The monoisotopic (exact) mass is 472 g/mol. The van der Waals surface area contributed by atoms with Gasteiger partial charge in [0.2, 0.25) is 5.95 Å². The van der Waals surface area contributed by atoms with E-state index >= 15 is 0 Å². The number of pyridine rings is 2. The molecule has 0 aromatic carbocycles. The van der Waals surface area contributed by atoms with E-state index in [0.717, 1.165) is 61.5 Å². The number of piperazine rings is 1. The highest BCUT2D eigenvalue weighted by Gasteiger charge is 2.16. The molecule has 5 rings (SSSR count). The molecule has 0 amide bonds. The summed E-state index contributed by atoms with van der Waals surface area (Å²) in [5, 5.41) is 7.42. The number of nitrogens with one attached hydrogen (secondary N) is 1. The minimum atomic E-state index is -0.497. The number of likely N-dealkylation sites (N-methyl/N-ethyl adjacent to an activating group) is 1. The van der Waals surface area contributed by atoms with Crippen LogP contribution >= 0.6 is 0 Å². The van der Waals surface area contributed by atoms with E-state index in [4.69, 9.17) is 0 Å². The molecule has 8 nitrogen and oxygen atoms in total. The highest BCUT2D eigenvalue weighted by molar-refractivity contribution is 5.79. The molecule has 0 spiro atoms. The van der Waals surface area contributed by atoms with Crippen LogP contribution < -0.4 is 5.32 Å². The predicted molar refractivity (Wildman–Crippen MR) is 136 cm³/mol. The predicted octanol–water partition coefficient (Wildman–Crippen LogP) is 4.24. The van der Waals surface area contributed by atoms with Gasteiger partial charge in [0.25, 0.3) is 0 Å². The quantitative estimate of drug-likeness (QED) is 0.431. The van der Waals surface area contributed by atoms with Crippen LogP contribution in [0.3, 0.4) is 0 Å². The highest BCUT2D eigenvalue weighted by Crippen LogP contribution is 2.26. The maximum Gasteiger partial charge on any atom is 0.229 e. The molecular formula is C26H29FN8. The average Bonchev–Trinajstić information content (AvgIpc) is 3.30. The summed E-state index contributed by atoms with van der Waals surface area (Å²) in [6.07, 6.45) is 6.58. The number of allylic oxidation sites excluding steroid dienone is 1. The van der Waals surface area contributed by atoms with E-state index in [1.807, 2.05) is 25.3 Å². The zero-order chi connectivity index (χ0) is 24.4. The van der Waals surface area contributed by atoms with Crippen molar-refractivity contribution in [1.82, 2.24) is 34.4 Å². The van der Waals surface area contributed by atoms with Crippen molar-refractivity contribution in [1.29, 1.82) is 0 Å². The maximum absolute atomic E-state index is 14.7. The number of fused-ring (bicyclic) bond motifs is 1. The number of hydrogen-bond donors (Lipinski definition) is 1. The number of anilines is 2. The Labute approximate surface area is 204 Å². The third-order valence-corrected chi connectivity index (χ3v) is 6.38. The fourth-order valence-corrected chi connectivity index (χ4v) is 4.31. The van der Waals surface area contributed by atoms with Crippen molar-refractivity contribution in [2.75, 3.05) is 38.0 Å². The molecule has 1 N–H and O–H groups in total. The van der Waals surface area contributed by atoms with Crippen molar-refractivity contribution >= 4 is 22.9 Å². The van der Waals surface area contributed by atoms with Gasteiger partial charge in [-0.25, -0.2) is 23.9 Å². The van der Waals surface area contributed by atoms with Crippen LogP contribution in [0.1, 0.15) is 25.0 Å². The molecular weight excluding hydrogens is 443 g/mol. The van der Waals surface area contributed by atoms with Crippen LogP contribution in [0.4, 0.5) is 16.2 Å². The Morgan fingerprint density at radius 2 is 1.86 bits per heavy atom. The Morgan fingerprint density at radius 3 is 2.57 bits per heavy atom. The van der Waals surface area contributed by atoms with Gasteiger partial charge < -0.3 is 10.2 Å². The smallest absolute Gasteiger partial charge is 0.229 e. The third-order valence-electron chi connectivity index (χ3n) is 6.38. The molecule has 0 saturated carbocycles. The van der Waals surface area contributed by atoms with Gasteiger partial charge in [-0.3, -0.25) is 4.90 Å². The Kier molecular flexibility index (Phi) is 6.52. The van der Waals surface area contributed by atoms with Crippen molar-refractivity contribution in [2.24, 2.45) is 0 Å². The van der Waals surface area contributed by atoms with Gasteiger partial charge in [0.1, 0.15) is 11.5 Å². The molecule has 4 aromatic heterocycles. The van der Waals surface area contributed by atoms with Crippen LogP contribution in [-0.2, 0) is 6.54 Å². The zero-order valence-electron chi connectivity index (χ0n) is 20.1. The van der Waals surface area contributed by atoms with E-state index in [1.165, 1.54) is 6.20 Å². The van der Waals surface area contributed by atoms with Crippen LogP contribution in [0.5, 0.6) is 0 Å². The van der Waals surface area contributed by atoms with Gasteiger partial charge in [0, 0.05) is 56.2 Å². The lowest BCUT2D eigenvalue weighted by Crippen LogP contribution is -2.45. The summed E-state index contributed by atoms with van der Waals surface area (Å²) in [4.78, 5) is 18.0. The third kappa shape index (κ3) is 5.06. The maximum atomic E-state index is 14.7. The normalized spacial score (nSPS) is 14.9. The molecule has 1 fully saturated rings. The van der Waals surface area contributed by atoms with Gasteiger partial charge in [-0.05, 0) is 42.8 Å². The topological polar surface area (TPSA) is 74.5 Å². The molecule has 4 aromatic rings. The minimum Gasteiger partial charge on any atom is -0.309 e. The summed E-state index contributed by atoms with van der Waals surface area (Å²) < 4.78 is 16.4. The fourth-order valence-electron chi connectivity index (χ4n) is 4.31. The number of hydrogen-bond acceptors (Lipinski definition) is 7. The molecule has 35 heavy (non-hydrogen) atoms. The molecule has 1 aliphatic rings. The largest absolute Gasteiger partial charge is 0.309 e. The van der Waals surface area contributed by atoms with Crippen molar-refractivity contribution in [2.45, 2.75) is 20.4 Å². The Bertz CT molecular complexity index is 1340. The summed E-state index contributed by atoms with van der Waals surface area (Å²) in [6.45, 7) is 14.5. The summed E-state index contributed by atoms with van der Waals surface area (Å²) in [6, 6.07) is 7.60. The van der Waals surface area contributed by atoms with E-state index in [9.17, 15) is 4.39 Å². The van der Waals surface area contributed by atoms with Crippen molar-refractivity contribution < 1.29 is 4.39 Å². The van der Waals surface area contributed by atoms with Crippen LogP contribution in [0.15, 0.2) is 55.6 Å². The lowest BCUT2D eigenvalue weighted by atomic mass is 10.1. The zero-order valence-corrected chi connectivity index (χ0v) is 20.1. The van der Waals surface area contributed by atoms with Crippen LogP contribution in [0.25, 0.3) is 22.3 Å². The average molecular weight is 473 g/mol. The Morgan fingerprint density at radius 1 is 1.06 bits per heavy atom. The molecule has 180 valence electrons. The first-order chi connectivity index (χ1) is 17.0. The SMILES string of the molecule is C=C(C)c1cnn2ccc(-c3nc(Nc4ccc(CN5CCN(CC)CC5)cn4)ncc3F)cc12. The van der Waals surface area contributed by atoms with Crippen LogP contribution in [-0.4, -0.2) is 67.1 Å². The first kappa shape index (κ1) is 23.1. The van der Waals surface area contributed by atoms with E-state index < -0.39 is 5.82 Å². The first-order valence-corrected chi connectivity index (χ1v) is 11.8. The van der Waals surface area contributed by atoms with E-state index in [-0.39, 0.29) is 11.6 Å². The second kappa shape index (κ2) is 9.89. The number of halogens is 1. The number of aromatic nitrogens is 5. The van der Waals surface area contributed by atoms with Crippen molar-refractivity contribution in [3.05, 3.63) is 72.6 Å². The molecule has 1 aliphatic heterocycles. The van der Waals surface area contributed by atoms with Gasteiger partial charge in [0.15, 0.2) is 5.82 Å². The first-order valence-electron chi connectivity index (χ1n) is 11.8. The lowest BCUT2D eigenvalue weighted by molar-refractivity contribution is 0.132. The lowest BCUT2D eigenvalue weighted by Gasteiger charge is -2.33. The summed E-state index contributed by atoms with van der Waals surface area (Å²) in [5.74, 6) is 0.395. The van der Waals surface area contributed by atoms with Crippen molar-refractivity contribution in [3.63, 3.8) is 0 Å². The molecule has 0 bridgehead atoms. The molecule has 0 aliphatic carbocycles.